The molecular formula is C14H17FN2O3. The van der Waals surface area contributed by atoms with Crippen molar-refractivity contribution in [2.75, 3.05) is 5.32 Å². The zero-order valence-electron chi connectivity index (χ0n) is 11.1. The predicted octanol–water partition coefficient (Wildman–Crippen LogP) is 2.51. The van der Waals surface area contributed by atoms with Gasteiger partial charge in [0.15, 0.2) is 0 Å². The predicted molar refractivity (Wildman–Crippen MR) is 72.1 cm³/mol. The first-order valence-corrected chi connectivity index (χ1v) is 6.52. The van der Waals surface area contributed by atoms with E-state index in [1.54, 1.807) is 13.0 Å². The van der Waals surface area contributed by atoms with Gasteiger partial charge < -0.3 is 15.7 Å². The Hall–Kier alpha value is -2.11. The molecule has 20 heavy (non-hydrogen) atoms. The molecular weight excluding hydrogens is 263 g/mol. The summed E-state index contributed by atoms with van der Waals surface area (Å²) in [6.07, 6.45) is 1.60. The van der Waals surface area contributed by atoms with Crippen LogP contribution in [0.3, 0.4) is 0 Å². The number of carboxylic acids is 1. The maximum Gasteiger partial charge on any atom is 0.319 e. The van der Waals surface area contributed by atoms with Crippen molar-refractivity contribution >= 4 is 17.7 Å². The van der Waals surface area contributed by atoms with Gasteiger partial charge in [-0.2, -0.15) is 0 Å². The highest BCUT2D eigenvalue weighted by atomic mass is 19.1. The quantitative estimate of drug-likeness (QED) is 0.796. The van der Waals surface area contributed by atoms with Gasteiger partial charge >= 0.3 is 12.0 Å². The minimum Gasteiger partial charge on any atom is -0.481 e. The van der Waals surface area contributed by atoms with Crippen molar-refractivity contribution in [2.45, 2.75) is 32.2 Å². The van der Waals surface area contributed by atoms with Crippen LogP contribution in [-0.2, 0) is 4.79 Å². The summed E-state index contributed by atoms with van der Waals surface area (Å²) in [6, 6.07) is 3.85. The van der Waals surface area contributed by atoms with Gasteiger partial charge in [-0.15, -0.1) is 0 Å². The third-order valence-electron chi connectivity index (χ3n) is 3.49. The fourth-order valence-electron chi connectivity index (χ4n) is 2.40. The highest BCUT2D eigenvalue weighted by molar-refractivity contribution is 5.89. The number of carbonyl (C=O) groups is 2. The molecule has 1 aliphatic carbocycles. The first-order chi connectivity index (χ1) is 9.45. The van der Waals surface area contributed by atoms with Crippen LogP contribution in [0.5, 0.6) is 0 Å². The van der Waals surface area contributed by atoms with Crippen molar-refractivity contribution < 1.29 is 19.1 Å². The minimum atomic E-state index is -0.834. The SMILES string of the molecule is Cc1ccc(NC(=O)N[C@H]2CC[C@@H](C(=O)O)C2)c(F)c1. The lowest BCUT2D eigenvalue weighted by Crippen LogP contribution is -2.36. The molecule has 0 unspecified atom stereocenters. The molecule has 3 N–H and O–H groups in total. The number of hydrogen-bond acceptors (Lipinski definition) is 2. The van der Waals surface area contributed by atoms with E-state index >= 15 is 0 Å². The number of benzene rings is 1. The van der Waals surface area contributed by atoms with E-state index in [2.05, 4.69) is 10.6 Å². The molecule has 0 bridgehead atoms. The lowest BCUT2D eigenvalue weighted by Gasteiger charge is -2.14. The topological polar surface area (TPSA) is 78.4 Å². The first kappa shape index (κ1) is 14.3. The van der Waals surface area contributed by atoms with Gasteiger partial charge in [0.25, 0.3) is 0 Å². The third-order valence-corrected chi connectivity index (χ3v) is 3.49. The molecule has 1 aromatic rings. The minimum absolute atomic E-state index is 0.112. The first-order valence-electron chi connectivity index (χ1n) is 6.52. The molecule has 2 rings (SSSR count). The molecule has 0 aromatic heterocycles. The Kier molecular flexibility index (Phi) is 4.22. The molecule has 1 fully saturated rings. The summed E-state index contributed by atoms with van der Waals surface area (Å²) in [7, 11) is 0. The van der Waals surface area contributed by atoms with Crippen LogP contribution in [0.2, 0.25) is 0 Å². The highest BCUT2D eigenvalue weighted by Crippen LogP contribution is 2.25. The van der Waals surface area contributed by atoms with Crippen molar-refractivity contribution in [3.05, 3.63) is 29.6 Å². The highest BCUT2D eigenvalue weighted by Gasteiger charge is 2.30. The van der Waals surface area contributed by atoms with Crippen molar-refractivity contribution in [2.24, 2.45) is 5.92 Å². The number of aryl methyl sites for hydroxylation is 1. The van der Waals surface area contributed by atoms with Crippen molar-refractivity contribution in [1.82, 2.24) is 5.32 Å². The van der Waals surface area contributed by atoms with E-state index in [1.165, 1.54) is 12.1 Å². The van der Waals surface area contributed by atoms with Crippen LogP contribution in [0.1, 0.15) is 24.8 Å². The summed E-state index contributed by atoms with van der Waals surface area (Å²) in [5.74, 6) is -1.73. The molecule has 0 spiro atoms. The van der Waals surface area contributed by atoms with Crippen LogP contribution >= 0.6 is 0 Å². The molecule has 0 aliphatic heterocycles. The summed E-state index contributed by atoms with van der Waals surface area (Å²) >= 11 is 0. The van der Waals surface area contributed by atoms with Gasteiger partial charge in [-0.1, -0.05) is 6.07 Å². The fourth-order valence-corrected chi connectivity index (χ4v) is 2.40. The molecule has 0 saturated heterocycles. The van der Waals surface area contributed by atoms with Gasteiger partial charge in [-0.25, -0.2) is 9.18 Å². The maximum atomic E-state index is 13.6. The Morgan fingerprint density at radius 1 is 1.35 bits per heavy atom. The van der Waals surface area contributed by atoms with Gasteiger partial charge in [-0.05, 0) is 43.9 Å². The van der Waals surface area contributed by atoms with E-state index < -0.39 is 23.7 Å². The Labute approximate surface area is 116 Å². The van der Waals surface area contributed by atoms with E-state index in [-0.39, 0.29) is 11.7 Å². The number of aliphatic carboxylic acids is 1. The smallest absolute Gasteiger partial charge is 0.319 e. The molecule has 108 valence electrons. The number of hydrogen-bond donors (Lipinski definition) is 3. The van der Waals surface area contributed by atoms with Crippen LogP contribution in [0.25, 0.3) is 0 Å². The number of nitrogens with one attached hydrogen (secondary N) is 2. The second kappa shape index (κ2) is 5.90. The Balaban J connectivity index is 1.88. The number of carboxylic acid groups (broad SMARTS) is 1. The van der Waals surface area contributed by atoms with Crippen LogP contribution in [0.4, 0.5) is 14.9 Å². The molecule has 6 heteroatoms. The zero-order valence-corrected chi connectivity index (χ0v) is 11.1. The number of carbonyl (C=O) groups excluding carboxylic acids is 1. The van der Waals surface area contributed by atoms with Crippen LogP contribution < -0.4 is 10.6 Å². The lowest BCUT2D eigenvalue weighted by atomic mass is 10.1. The van der Waals surface area contributed by atoms with Crippen molar-refractivity contribution in [3.63, 3.8) is 0 Å². The van der Waals surface area contributed by atoms with Gasteiger partial charge in [0.2, 0.25) is 0 Å². The van der Waals surface area contributed by atoms with Gasteiger partial charge in [-0.3, -0.25) is 4.79 Å². The monoisotopic (exact) mass is 280 g/mol. The Morgan fingerprint density at radius 2 is 2.10 bits per heavy atom. The number of rotatable bonds is 3. The second-order valence-electron chi connectivity index (χ2n) is 5.13. The largest absolute Gasteiger partial charge is 0.481 e. The molecule has 2 atom stereocenters. The van der Waals surface area contributed by atoms with Crippen molar-refractivity contribution in [1.29, 1.82) is 0 Å². The van der Waals surface area contributed by atoms with E-state index in [0.29, 0.717) is 19.3 Å². The van der Waals surface area contributed by atoms with Crippen molar-refractivity contribution in [3.8, 4) is 0 Å². The Morgan fingerprint density at radius 3 is 2.70 bits per heavy atom. The van der Waals surface area contributed by atoms with Crippen LogP contribution in [0, 0.1) is 18.7 Å². The van der Waals surface area contributed by atoms with Crippen LogP contribution in [-0.4, -0.2) is 23.1 Å². The molecule has 1 aromatic carbocycles. The van der Waals surface area contributed by atoms with Gasteiger partial charge in [0.1, 0.15) is 5.82 Å². The van der Waals surface area contributed by atoms with E-state index in [1.807, 2.05) is 0 Å². The van der Waals surface area contributed by atoms with E-state index in [0.717, 1.165) is 5.56 Å². The summed E-state index contributed by atoms with van der Waals surface area (Å²) in [5, 5.41) is 14.0. The molecule has 1 aliphatic rings. The summed E-state index contributed by atoms with van der Waals surface area (Å²) in [6.45, 7) is 1.76. The number of amides is 2. The molecule has 1 saturated carbocycles. The summed E-state index contributed by atoms with van der Waals surface area (Å²) in [4.78, 5) is 22.6. The number of urea groups is 1. The standard InChI is InChI=1S/C14H17FN2O3/c1-8-2-5-12(11(15)6-8)17-14(20)16-10-4-3-9(7-10)13(18)19/h2,5-6,9-10H,3-4,7H2,1H3,(H,18,19)(H2,16,17,20)/t9-,10+/m1/s1. The molecule has 0 heterocycles. The van der Waals surface area contributed by atoms with Crippen LogP contribution in [0.15, 0.2) is 18.2 Å². The average molecular weight is 280 g/mol. The van der Waals surface area contributed by atoms with Gasteiger partial charge in [0.05, 0.1) is 11.6 Å². The molecule has 2 amide bonds. The van der Waals surface area contributed by atoms with Gasteiger partial charge in [0, 0.05) is 6.04 Å². The molecule has 0 radical (unpaired) electrons. The average Bonchev–Trinajstić information content (AvgIpc) is 2.81. The Bertz CT molecular complexity index is 533. The lowest BCUT2D eigenvalue weighted by molar-refractivity contribution is -0.141. The summed E-state index contributed by atoms with van der Waals surface area (Å²) in [5.41, 5.74) is 0.884. The van der Waals surface area contributed by atoms with E-state index in [9.17, 15) is 14.0 Å². The normalized spacial score (nSPS) is 21.5. The number of halogens is 1. The fraction of sp³-hybridized carbons (Fsp3) is 0.429. The number of anilines is 1. The van der Waals surface area contributed by atoms with E-state index in [4.69, 9.17) is 5.11 Å². The molecule has 5 nitrogen and oxygen atoms in total. The third kappa shape index (κ3) is 3.46. The maximum absolute atomic E-state index is 13.6. The zero-order chi connectivity index (χ0) is 14.7. The summed E-state index contributed by atoms with van der Waals surface area (Å²) < 4.78 is 13.6. The second-order valence-corrected chi connectivity index (χ2v) is 5.13.